The fourth-order valence-electron chi connectivity index (χ4n) is 2.19. The van der Waals surface area contributed by atoms with Crippen LogP contribution in [0.15, 0.2) is 35.1 Å². The van der Waals surface area contributed by atoms with E-state index < -0.39 is 29.9 Å². The van der Waals surface area contributed by atoms with Gasteiger partial charge in [0.05, 0.1) is 17.7 Å². The second-order valence-corrected chi connectivity index (χ2v) is 6.28. The van der Waals surface area contributed by atoms with Gasteiger partial charge in [0, 0.05) is 10.5 Å². The van der Waals surface area contributed by atoms with Gasteiger partial charge in [-0.25, -0.2) is 8.78 Å². The van der Waals surface area contributed by atoms with Crippen LogP contribution in [0.3, 0.4) is 0 Å². The molecule has 1 heterocycles. The highest BCUT2D eigenvalue weighted by molar-refractivity contribution is 6.55. The Balaban J connectivity index is 2.48. The topological polar surface area (TPSA) is 67.2 Å². The van der Waals surface area contributed by atoms with Gasteiger partial charge >= 0.3 is 7.12 Å². The molecule has 0 amide bonds. The van der Waals surface area contributed by atoms with Crippen LogP contribution in [0.25, 0.3) is 16.0 Å². The van der Waals surface area contributed by atoms with E-state index in [1.54, 1.807) is 33.8 Å². The van der Waals surface area contributed by atoms with Gasteiger partial charge in [-0.2, -0.15) is 0 Å². The van der Waals surface area contributed by atoms with Gasteiger partial charge < -0.3 is 9.31 Å². The zero-order valence-electron chi connectivity index (χ0n) is 13.5. The fraction of sp³-hybridized carbons (Fsp3) is 0.467. The molecular weight excluding hydrogens is 303 g/mol. The van der Waals surface area contributed by atoms with E-state index in [9.17, 15) is 8.78 Å². The standard InChI is InChI=1S/C15H18BF2N3O2/c1-14(2)15(3,4)23-16(22-14)13(18)11(9-20-21-19)10-7-5-6-8-12(10)17/h5-8H,9H2,1-4H3. The average molecular weight is 321 g/mol. The summed E-state index contributed by atoms with van der Waals surface area (Å²) in [6.45, 7) is 6.81. The van der Waals surface area contributed by atoms with Gasteiger partial charge in [-0.1, -0.05) is 23.3 Å². The Morgan fingerprint density at radius 2 is 1.78 bits per heavy atom. The average Bonchev–Trinajstić information content (AvgIpc) is 2.69. The first kappa shape index (κ1) is 17.5. The number of azide groups is 1. The highest BCUT2D eigenvalue weighted by atomic mass is 19.1. The van der Waals surface area contributed by atoms with Gasteiger partial charge in [0.1, 0.15) is 11.5 Å². The van der Waals surface area contributed by atoms with Crippen molar-refractivity contribution < 1.29 is 18.1 Å². The van der Waals surface area contributed by atoms with Crippen LogP contribution in [-0.4, -0.2) is 24.9 Å². The summed E-state index contributed by atoms with van der Waals surface area (Å²) >= 11 is 0. The molecule has 23 heavy (non-hydrogen) atoms. The molecule has 2 rings (SSSR count). The Morgan fingerprint density at radius 3 is 2.30 bits per heavy atom. The molecule has 1 saturated heterocycles. The highest BCUT2D eigenvalue weighted by Crippen LogP contribution is 2.40. The molecule has 1 aliphatic rings. The molecule has 122 valence electrons. The van der Waals surface area contributed by atoms with Gasteiger partial charge in [-0.05, 0) is 44.9 Å². The van der Waals surface area contributed by atoms with Gasteiger partial charge in [0.25, 0.3) is 0 Å². The molecule has 0 aliphatic carbocycles. The van der Waals surface area contributed by atoms with E-state index in [0.717, 1.165) is 0 Å². The first-order chi connectivity index (χ1) is 10.7. The van der Waals surface area contributed by atoms with Crippen LogP contribution in [0.4, 0.5) is 8.78 Å². The molecular formula is C15H18BF2N3O2. The predicted octanol–water partition coefficient (Wildman–Crippen LogP) is 4.45. The van der Waals surface area contributed by atoms with E-state index in [1.807, 2.05) is 0 Å². The summed E-state index contributed by atoms with van der Waals surface area (Å²) in [5, 5.41) is 3.36. The van der Waals surface area contributed by atoms with Crippen LogP contribution in [0.1, 0.15) is 33.3 Å². The van der Waals surface area contributed by atoms with Gasteiger partial charge in [-0.15, -0.1) is 0 Å². The summed E-state index contributed by atoms with van der Waals surface area (Å²) in [5.74, 6) is -0.609. The van der Waals surface area contributed by atoms with E-state index in [-0.39, 0.29) is 17.7 Å². The lowest BCUT2D eigenvalue weighted by molar-refractivity contribution is 0.00578. The maximum absolute atomic E-state index is 14.9. The number of nitrogens with zero attached hydrogens (tertiary/aromatic N) is 3. The van der Waals surface area contributed by atoms with Crippen LogP contribution in [0.5, 0.6) is 0 Å². The van der Waals surface area contributed by atoms with Crippen molar-refractivity contribution in [3.05, 3.63) is 51.8 Å². The number of hydrogen-bond acceptors (Lipinski definition) is 3. The lowest BCUT2D eigenvalue weighted by atomic mass is 9.82. The van der Waals surface area contributed by atoms with Gasteiger partial charge in [0.2, 0.25) is 0 Å². The van der Waals surface area contributed by atoms with Gasteiger partial charge in [-0.3, -0.25) is 0 Å². The third kappa shape index (κ3) is 3.39. The fourth-order valence-corrected chi connectivity index (χ4v) is 2.19. The molecule has 0 spiro atoms. The zero-order chi connectivity index (χ0) is 17.3. The summed E-state index contributed by atoms with van der Waals surface area (Å²) in [7, 11) is -1.27. The SMILES string of the molecule is CC1(C)OB(C(F)=C(CN=[N+]=[N-])c2ccccc2F)OC1(C)C. The van der Waals surface area contributed by atoms with E-state index in [4.69, 9.17) is 14.8 Å². The van der Waals surface area contributed by atoms with Crippen molar-refractivity contribution in [1.82, 2.24) is 0 Å². The molecule has 0 bridgehead atoms. The van der Waals surface area contributed by atoms with E-state index in [0.29, 0.717) is 0 Å². The molecule has 0 N–H and O–H groups in total. The lowest BCUT2D eigenvalue weighted by Crippen LogP contribution is -2.41. The monoisotopic (exact) mass is 321 g/mol. The Kier molecular flexibility index (Phi) is 4.80. The molecule has 1 aromatic carbocycles. The smallest absolute Gasteiger partial charge is 0.398 e. The minimum atomic E-state index is -1.27. The summed E-state index contributed by atoms with van der Waals surface area (Å²) in [6.07, 6.45) is 0. The third-order valence-electron chi connectivity index (χ3n) is 4.24. The van der Waals surface area contributed by atoms with Crippen molar-refractivity contribution in [2.24, 2.45) is 5.11 Å². The second-order valence-electron chi connectivity index (χ2n) is 6.28. The minimum Gasteiger partial charge on any atom is -0.398 e. The molecule has 0 radical (unpaired) electrons. The van der Waals surface area contributed by atoms with Crippen molar-refractivity contribution in [3.63, 3.8) is 0 Å². The summed E-state index contributed by atoms with van der Waals surface area (Å²) in [5.41, 5.74) is 6.19. The molecule has 1 aliphatic heterocycles. The van der Waals surface area contributed by atoms with E-state index in [2.05, 4.69) is 10.0 Å². The maximum Gasteiger partial charge on any atom is 0.525 e. The summed E-state index contributed by atoms with van der Waals surface area (Å²) < 4.78 is 40.2. The van der Waals surface area contributed by atoms with E-state index in [1.165, 1.54) is 18.2 Å². The lowest BCUT2D eigenvalue weighted by Gasteiger charge is -2.32. The first-order valence-corrected chi connectivity index (χ1v) is 7.19. The third-order valence-corrected chi connectivity index (χ3v) is 4.24. The van der Waals surface area contributed by atoms with Crippen molar-refractivity contribution in [2.45, 2.75) is 38.9 Å². The quantitative estimate of drug-likeness (QED) is 0.356. The molecule has 8 heteroatoms. The van der Waals surface area contributed by atoms with Crippen LogP contribution >= 0.6 is 0 Å². The number of hydrogen-bond donors (Lipinski definition) is 0. The van der Waals surface area contributed by atoms with Crippen molar-refractivity contribution in [1.29, 1.82) is 0 Å². The van der Waals surface area contributed by atoms with Crippen molar-refractivity contribution in [2.75, 3.05) is 6.54 Å². The van der Waals surface area contributed by atoms with Crippen LogP contribution < -0.4 is 0 Å². The highest BCUT2D eigenvalue weighted by Gasteiger charge is 2.53. The minimum absolute atomic E-state index is 0.0205. The normalized spacial score (nSPS) is 20.0. The Bertz CT molecular complexity index is 669. The molecule has 0 saturated carbocycles. The number of benzene rings is 1. The Morgan fingerprint density at radius 1 is 1.22 bits per heavy atom. The van der Waals surface area contributed by atoms with Crippen molar-refractivity contribution >= 4 is 12.7 Å². The summed E-state index contributed by atoms with van der Waals surface area (Å²) in [4.78, 5) is 2.62. The van der Waals surface area contributed by atoms with Crippen molar-refractivity contribution in [3.8, 4) is 0 Å². The number of halogens is 2. The zero-order valence-corrected chi connectivity index (χ0v) is 13.5. The summed E-state index contributed by atoms with van der Waals surface area (Å²) in [6, 6.07) is 5.70. The largest absolute Gasteiger partial charge is 0.525 e. The first-order valence-electron chi connectivity index (χ1n) is 7.19. The number of rotatable bonds is 4. The maximum atomic E-state index is 14.9. The van der Waals surface area contributed by atoms with Crippen LogP contribution in [0.2, 0.25) is 0 Å². The molecule has 5 nitrogen and oxygen atoms in total. The van der Waals surface area contributed by atoms with Crippen LogP contribution in [0, 0.1) is 5.82 Å². The second kappa shape index (κ2) is 6.32. The van der Waals surface area contributed by atoms with Gasteiger partial charge in [0.15, 0.2) is 0 Å². The van der Waals surface area contributed by atoms with Crippen LogP contribution in [-0.2, 0) is 9.31 Å². The molecule has 0 unspecified atom stereocenters. The Labute approximate surface area is 134 Å². The molecule has 0 atom stereocenters. The molecule has 0 aromatic heterocycles. The predicted molar refractivity (Wildman–Crippen MR) is 84.5 cm³/mol. The Hall–Kier alpha value is -1.89. The molecule has 1 aromatic rings. The molecule has 1 fully saturated rings. The van der Waals surface area contributed by atoms with E-state index >= 15 is 0 Å².